The summed E-state index contributed by atoms with van der Waals surface area (Å²) < 4.78 is 0.720. The Morgan fingerprint density at radius 3 is 2.57 bits per heavy atom. The molecule has 0 fully saturated rings. The Balaban J connectivity index is 2.25. The van der Waals surface area contributed by atoms with Crippen LogP contribution in [0.2, 0.25) is 10.2 Å². The molecule has 0 atom stereocenters. The number of halogens is 3. The molecule has 110 valence electrons. The van der Waals surface area contributed by atoms with E-state index in [-0.39, 0.29) is 11.8 Å². The van der Waals surface area contributed by atoms with Gasteiger partial charge in [0.1, 0.15) is 5.15 Å². The van der Waals surface area contributed by atoms with Gasteiger partial charge in [0.25, 0.3) is 5.91 Å². The van der Waals surface area contributed by atoms with Crippen LogP contribution in [0.25, 0.3) is 0 Å². The van der Waals surface area contributed by atoms with Crippen LogP contribution in [0, 0.1) is 0 Å². The molecule has 0 aliphatic heterocycles. The van der Waals surface area contributed by atoms with E-state index in [1.165, 1.54) is 0 Å². The monoisotopic (exact) mass is 386 g/mol. The van der Waals surface area contributed by atoms with Gasteiger partial charge in [-0.3, -0.25) is 4.79 Å². The number of benzene rings is 1. The van der Waals surface area contributed by atoms with E-state index in [0.29, 0.717) is 21.4 Å². The Hall–Kier alpha value is -1.10. The highest BCUT2D eigenvalue weighted by molar-refractivity contribution is 9.10. The summed E-state index contributed by atoms with van der Waals surface area (Å²) in [5.74, 6) is -0.0460. The van der Waals surface area contributed by atoms with Crippen LogP contribution in [0.3, 0.4) is 0 Å². The smallest absolute Gasteiger partial charge is 0.255 e. The van der Waals surface area contributed by atoms with E-state index >= 15 is 0 Å². The van der Waals surface area contributed by atoms with Crippen molar-refractivity contribution in [2.45, 2.75) is 19.8 Å². The van der Waals surface area contributed by atoms with Crippen LogP contribution in [-0.4, -0.2) is 10.9 Å². The number of amides is 1. The zero-order valence-electron chi connectivity index (χ0n) is 11.5. The molecule has 0 aliphatic rings. The summed E-state index contributed by atoms with van der Waals surface area (Å²) in [6.45, 7) is 3.99. The molecule has 0 saturated heterocycles. The number of aromatic nitrogens is 1. The molecule has 6 heteroatoms. The lowest BCUT2D eigenvalue weighted by molar-refractivity contribution is 0.102. The van der Waals surface area contributed by atoms with Crippen LogP contribution in [-0.2, 0) is 0 Å². The van der Waals surface area contributed by atoms with Gasteiger partial charge in [-0.2, -0.15) is 0 Å². The summed E-state index contributed by atoms with van der Waals surface area (Å²) in [6, 6.07) is 8.48. The maximum absolute atomic E-state index is 12.3. The Kier molecular flexibility index (Phi) is 5.25. The average molecular weight is 388 g/mol. The summed E-state index contributed by atoms with van der Waals surface area (Å²) in [7, 11) is 0. The molecule has 0 spiro atoms. The first-order valence-electron chi connectivity index (χ1n) is 6.30. The maximum Gasteiger partial charge on any atom is 0.255 e. The number of hydrogen-bond donors (Lipinski definition) is 1. The fraction of sp³-hybridized carbons (Fsp3) is 0.200. The highest BCUT2D eigenvalue weighted by Crippen LogP contribution is 2.26. The predicted octanol–water partition coefficient (Wildman–Crippen LogP) is 5.53. The van der Waals surface area contributed by atoms with Crippen molar-refractivity contribution in [3.05, 3.63) is 56.2 Å². The van der Waals surface area contributed by atoms with Gasteiger partial charge < -0.3 is 5.32 Å². The molecular weight excluding hydrogens is 375 g/mol. The van der Waals surface area contributed by atoms with Crippen molar-refractivity contribution in [2.24, 2.45) is 0 Å². The lowest BCUT2D eigenvalue weighted by Gasteiger charge is -2.10. The number of carbonyl (C=O) groups is 1. The number of pyridine rings is 1. The van der Waals surface area contributed by atoms with Crippen LogP contribution in [0.15, 0.2) is 34.8 Å². The minimum atomic E-state index is -0.240. The van der Waals surface area contributed by atoms with Crippen molar-refractivity contribution in [2.75, 3.05) is 5.32 Å². The number of nitrogens with one attached hydrogen (secondary N) is 1. The van der Waals surface area contributed by atoms with Gasteiger partial charge in [-0.1, -0.05) is 37.0 Å². The minimum Gasteiger partial charge on any atom is -0.322 e. The third kappa shape index (κ3) is 4.19. The molecule has 21 heavy (non-hydrogen) atoms. The second-order valence-corrected chi connectivity index (χ2v) is 6.49. The maximum atomic E-state index is 12.3. The van der Waals surface area contributed by atoms with E-state index in [1.54, 1.807) is 30.3 Å². The highest BCUT2D eigenvalue weighted by Gasteiger charge is 2.12. The molecule has 3 nitrogen and oxygen atoms in total. The van der Waals surface area contributed by atoms with Gasteiger partial charge in [-0.05, 0) is 52.2 Å². The van der Waals surface area contributed by atoms with Crippen molar-refractivity contribution < 1.29 is 4.79 Å². The summed E-state index contributed by atoms with van der Waals surface area (Å²) in [6.07, 6.45) is 0. The van der Waals surface area contributed by atoms with Crippen LogP contribution < -0.4 is 5.32 Å². The Morgan fingerprint density at radius 2 is 1.95 bits per heavy atom. The van der Waals surface area contributed by atoms with E-state index < -0.39 is 0 Å². The minimum absolute atomic E-state index is 0.194. The zero-order valence-corrected chi connectivity index (χ0v) is 14.6. The SMILES string of the molecule is CC(C)c1cc(C(=O)Nc2ccc(Cl)c(Br)c2)cc(Cl)n1. The van der Waals surface area contributed by atoms with E-state index in [2.05, 4.69) is 26.2 Å². The van der Waals surface area contributed by atoms with E-state index in [9.17, 15) is 4.79 Å². The Bertz CT molecular complexity index is 689. The van der Waals surface area contributed by atoms with E-state index in [4.69, 9.17) is 23.2 Å². The summed E-state index contributed by atoms with van der Waals surface area (Å²) in [4.78, 5) is 16.5. The number of rotatable bonds is 3. The molecule has 0 unspecified atom stereocenters. The number of nitrogens with zero attached hydrogens (tertiary/aromatic N) is 1. The van der Waals surface area contributed by atoms with Gasteiger partial charge in [0.2, 0.25) is 0 Å². The summed E-state index contributed by atoms with van der Waals surface area (Å²) >= 11 is 15.2. The largest absolute Gasteiger partial charge is 0.322 e. The second kappa shape index (κ2) is 6.77. The van der Waals surface area contributed by atoms with Crippen molar-refractivity contribution in [1.82, 2.24) is 4.98 Å². The van der Waals surface area contributed by atoms with Crippen LogP contribution in [0.5, 0.6) is 0 Å². The fourth-order valence-electron chi connectivity index (χ4n) is 1.72. The molecule has 0 bridgehead atoms. The van der Waals surface area contributed by atoms with Crippen molar-refractivity contribution in [3.8, 4) is 0 Å². The number of hydrogen-bond acceptors (Lipinski definition) is 2. The fourth-order valence-corrected chi connectivity index (χ4v) is 2.43. The lowest BCUT2D eigenvalue weighted by Crippen LogP contribution is -2.13. The van der Waals surface area contributed by atoms with Crippen molar-refractivity contribution in [3.63, 3.8) is 0 Å². The normalized spacial score (nSPS) is 10.8. The number of carbonyl (C=O) groups excluding carboxylic acids is 1. The van der Waals surface area contributed by atoms with E-state index in [0.717, 1.165) is 10.2 Å². The van der Waals surface area contributed by atoms with Crippen LogP contribution in [0.1, 0.15) is 35.8 Å². The van der Waals surface area contributed by atoms with Gasteiger partial charge in [0, 0.05) is 21.4 Å². The summed E-state index contributed by atoms with van der Waals surface area (Å²) in [5, 5.41) is 3.70. The standard InChI is InChI=1S/C15H13BrCl2N2O/c1-8(2)13-5-9(6-14(18)20-13)15(21)19-10-3-4-12(17)11(16)7-10/h3-8H,1-2H3,(H,19,21). The highest BCUT2D eigenvalue weighted by atomic mass is 79.9. The Labute approximate surface area is 141 Å². The van der Waals surface area contributed by atoms with Crippen molar-refractivity contribution in [1.29, 1.82) is 0 Å². The van der Waals surface area contributed by atoms with E-state index in [1.807, 2.05) is 13.8 Å². The van der Waals surface area contributed by atoms with Crippen LogP contribution >= 0.6 is 39.1 Å². The van der Waals surface area contributed by atoms with Gasteiger partial charge in [-0.25, -0.2) is 4.98 Å². The molecule has 2 aromatic rings. The third-order valence-electron chi connectivity index (χ3n) is 2.85. The van der Waals surface area contributed by atoms with Gasteiger partial charge in [0.15, 0.2) is 0 Å². The Morgan fingerprint density at radius 1 is 1.24 bits per heavy atom. The van der Waals surface area contributed by atoms with Gasteiger partial charge in [-0.15, -0.1) is 0 Å². The molecule has 0 aliphatic carbocycles. The first-order valence-corrected chi connectivity index (χ1v) is 7.85. The molecular formula is C15H13BrCl2N2O. The topological polar surface area (TPSA) is 42.0 Å². The first-order chi connectivity index (χ1) is 9.86. The molecule has 0 saturated carbocycles. The summed E-state index contributed by atoms with van der Waals surface area (Å²) in [5.41, 5.74) is 1.91. The molecule has 1 N–H and O–H groups in total. The number of anilines is 1. The molecule has 1 aromatic heterocycles. The quantitative estimate of drug-likeness (QED) is 0.703. The molecule has 1 heterocycles. The second-order valence-electron chi connectivity index (χ2n) is 4.84. The molecule has 2 rings (SSSR count). The first kappa shape index (κ1) is 16.3. The van der Waals surface area contributed by atoms with Gasteiger partial charge in [0.05, 0.1) is 5.02 Å². The zero-order chi connectivity index (χ0) is 15.6. The third-order valence-corrected chi connectivity index (χ3v) is 4.25. The molecule has 1 aromatic carbocycles. The predicted molar refractivity (Wildman–Crippen MR) is 90.4 cm³/mol. The average Bonchev–Trinajstić information content (AvgIpc) is 2.42. The lowest BCUT2D eigenvalue weighted by atomic mass is 10.1. The van der Waals surface area contributed by atoms with Crippen LogP contribution in [0.4, 0.5) is 5.69 Å². The molecule has 1 amide bonds. The van der Waals surface area contributed by atoms with Crippen molar-refractivity contribution >= 4 is 50.7 Å². The molecule has 0 radical (unpaired) electrons. The van der Waals surface area contributed by atoms with Gasteiger partial charge >= 0.3 is 0 Å².